The molecule has 2 rings (SSSR count). The smallest absolute Gasteiger partial charge is 0.379 e. The molecule has 1 heterocycles. The van der Waals surface area contributed by atoms with Crippen molar-refractivity contribution in [1.82, 2.24) is 0 Å². The summed E-state index contributed by atoms with van der Waals surface area (Å²) < 4.78 is 42.6. The van der Waals surface area contributed by atoms with E-state index in [2.05, 4.69) is 13.8 Å². The molecule has 1 fully saturated rings. The minimum absolute atomic E-state index is 0.107. The van der Waals surface area contributed by atoms with Crippen molar-refractivity contribution < 1.29 is 17.9 Å². The molecule has 0 atom stereocenters. The highest BCUT2D eigenvalue weighted by Crippen LogP contribution is 2.40. The van der Waals surface area contributed by atoms with Crippen molar-refractivity contribution >= 4 is 0 Å². The molecule has 0 aromatic heterocycles. The number of hydrogen-bond acceptors (Lipinski definition) is 1. The summed E-state index contributed by atoms with van der Waals surface area (Å²) in [5, 5.41) is 0. The van der Waals surface area contributed by atoms with Crippen molar-refractivity contribution in [2.24, 2.45) is 5.92 Å². The molecule has 1 nitrogen and oxygen atoms in total. The molecule has 4 heteroatoms. The SMILES string of the molecule is CC(C)C1(c2ccc(C(F)(F)F)cc2)COC1. The topological polar surface area (TPSA) is 9.23 Å². The van der Waals surface area contributed by atoms with Crippen molar-refractivity contribution in [2.75, 3.05) is 13.2 Å². The Kier molecular flexibility index (Phi) is 2.94. The van der Waals surface area contributed by atoms with Gasteiger partial charge < -0.3 is 4.74 Å². The van der Waals surface area contributed by atoms with Crippen LogP contribution in [0, 0.1) is 5.92 Å². The molecular weight excluding hydrogens is 229 g/mol. The van der Waals surface area contributed by atoms with Gasteiger partial charge in [-0.2, -0.15) is 13.2 Å². The Morgan fingerprint density at radius 3 is 1.94 bits per heavy atom. The lowest BCUT2D eigenvalue weighted by Gasteiger charge is -2.45. The standard InChI is InChI=1S/C13H15F3O/c1-9(2)12(7-17-8-12)10-3-5-11(6-4-10)13(14,15)16/h3-6,9H,7-8H2,1-2H3. The van der Waals surface area contributed by atoms with Crippen molar-refractivity contribution in [3.63, 3.8) is 0 Å². The fraction of sp³-hybridized carbons (Fsp3) is 0.538. The first-order chi connectivity index (χ1) is 7.86. The fourth-order valence-electron chi connectivity index (χ4n) is 2.15. The molecule has 1 aromatic carbocycles. The number of halogens is 3. The van der Waals surface area contributed by atoms with Crippen molar-refractivity contribution in [2.45, 2.75) is 25.4 Å². The lowest BCUT2D eigenvalue weighted by Crippen LogP contribution is -2.50. The molecular formula is C13H15F3O. The zero-order valence-electron chi connectivity index (χ0n) is 9.84. The monoisotopic (exact) mass is 244 g/mol. The quantitative estimate of drug-likeness (QED) is 0.772. The minimum Gasteiger partial charge on any atom is -0.379 e. The Balaban J connectivity index is 2.29. The van der Waals surface area contributed by atoms with Gasteiger partial charge in [-0.15, -0.1) is 0 Å². The van der Waals surface area contributed by atoms with Crippen LogP contribution in [0.4, 0.5) is 13.2 Å². The van der Waals surface area contributed by atoms with Crippen LogP contribution in [0.15, 0.2) is 24.3 Å². The van der Waals surface area contributed by atoms with Crippen LogP contribution >= 0.6 is 0 Å². The molecule has 1 saturated heterocycles. The van der Waals surface area contributed by atoms with Gasteiger partial charge in [0.2, 0.25) is 0 Å². The molecule has 17 heavy (non-hydrogen) atoms. The first-order valence-electron chi connectivity index (χ1n) is 5.62. The van der Waals surface area contributed by atoms with Crippen molar-refractivity contribution in [1.29, 1.82) is 0 Å². The third kappa shape index (κ3) is 2.06. The Morgan fingerprint density at radius 1 is 1.12 bits per heavy atom. The molecule has 1 aliphatic rings. The summed E-state index contributed by atoms with van der Waals surface area (Å²) in [5.41, 5.74) is 0.233. The van der Waals surface area contributed by atoms with E-state index < -0.39 is 11.7 Å². The van der Waals surface area contributed by atoms with Gasteiger partial charge in [0.25, 0.3) is 0 Å². The number of ether oxygens (including phenoxy) is 1. The molecule has 0 spiro atoms. The molecule has 0 radical (unpaired) electrons. The Labute approximate surface area is 98.6 Å². The van der Waals surface area contributed by atoms with Gasteiger partial charge in [0.05, 0.1) is 18.8 Å². The average Bonchev–Trinajstić information content (AvgIpc) is 2.14. The van der Waals surface area contributed by atoms with Gasteiger partial charge in [0.1, 0.15) is 0 Å². The van der Waals surface area contributed by atoms with Gasteiger partial charge in [-0.25, -0.2) is 0 Å². The van der Waals surface area contributed by atoms with E-state index in [4.69, 9.17) is 4.74 Å². The number of hydrogen-bond donors (Lipinski definition) is 0. The molecule has 0 bridgehead atoms. The predicted molar refractivity (Wildman–Crippen MR) is 58.8 cm³/mol. The van der Waals surface area contributed by atoms with E-state index >= 15 is 0 Å². The number of benzene rings is 1. The summed E-state index contributed by atoms with van der Waals surface area (Å²) >= 11 is 0. The highest BCUT2D eigenvalue weighted by molar-refractivity contribution is 5.33. The van der Waals surface area contributed by atoms with Crippen LogP contribution in [-0.2, 0) is 16.3 Å². The first kappa shape index (κ1) is 12.4. The Hall–Kier alpha value is -1.03. The minimum atomic E-state index is -4.26. The van der Waals surface area contributed by atoms with Gasteiger partial charge in [0, 0.05) is 5.41 Å². The zero-order chi connectivity index (χ0) is 12.7. The third-order valence-electron chi connectivity index (χ3n) is 3.61. The predicted octanol–water partition coefficient (Wildman–Crippen LogP) is 3.63. The summed E-state index contributed by atoms with van der Waals surface area (Å²) in [7, 11) is 0. The van der Waals surface area contributed by atoms with Crippen LogP contribution in [-0.4, -0.2) is 13.2 Å². The summed E-state index contributed by atoms with van der Waals surface area (Å²) in [5.74, 6) is 0.355. The second-order valence-corrected chi connectivity index (χ2v) is 4.88. The molecule has 0 aliphatic carbocycles. The van der Waals surface area contributed by atoms with Gasteiger partial charge in [-0.1, -0.05) is 26.0 Å². The summed E-state index contributed by atoms with van der Waals surface area (Å²) in [6.07, 6.45) is -4.26. The van der Waals surface area contributed by atoms with Crippen LogP contribution < -0.4 is 0 Å². The second-order valence-electron chi connectivity index (χ2n) is 4.88. The average molecular weight is 244 g/mol. The van der Waals surface area contributed by atoms with E-state index in [1.807, 2.05) is 0 Å². The van der Waals surface area contributed by atoms with Crippen LogP contribution in [0.1, 0.15) is 25.0 Å². The molecule has 1 aromatic rings. The van der Waals surface area contributed by atoms with Crippen molar-refractivity contribution in [3.8, 4) is 0 Å². The van der Waals surface area contributed by atoms with Gasteiger partial charge in [-0.3, -0.25) is 0 Å². The molecule has 94 valence electrons. The second kappa shape index (κ2) is 4.02. The molecule has 0 N–H and O–H groups in total. The summed E-state index contributed by atoms with van der Waals surface area (Å²) in [6.45, 7) is 5.33. The van der Waals surface area contributed by atoms with Gasteiger partial charge in [0.15, 0.2) is 0 Å². The van der Waals surface area contributed by atoms with E-state index in [1.165, 1.54) is 0 Å². The number of alkyl halides is 3. The van der Waals surface area contributed by atoms with Crippen LogP contribution in [0.25, 0.3) is 0 Å². The largest absolute Gasteiger partial charge is 0.416 e. The van der Waals surface area contributed by atoms with Gasteiger partial charge in [-0.05, 0) is 23.6 Å². The van der Waals surface area contributed by atoms with Crippen LogP contribution in [0.5, 0.6) is 0 Å². The maximum atomic E-state index is 12.4. The lowest BCUT2D eigenvalue weighted by molar-refractivity contribution is -0.137. The molecule has 1 aliphatic heterocycles. The normalized spacial score (nSPS) is 19.2. The van der Waals surface area contributed by atoms with Crippen LogP contribution in [0.2, 0.25) is 0 Å². The summed E-state index contributed by atoms with van der Waals surface area (Å²) in [6, 6.07) is 5.45. The van der Waals surface area contributed by atoms with E-state index in [0.717, 1.165) is 17.7 Å². The highest BCUT2D eigenvalue weighted by Gasteiger charge is 2.43. The van der Waals surface area contributed by atoms with E-state index in [0.29, 0.717) is 19.1 Å². The van der Waals surface area contributed by atoms with E-state index in [9.17, 15) is 13.2 Å². The maximum absolute atomic E-state index is 12.4. The van der Waals surface area contributed by atoms with E-state index in [-0.39, 0.29) is 5.41 Å². The maximum Gasteiger partial charge on any atom is 0.416 e. The van der Waals surface area contributed by atoms with E-state index in [1.54, 1.807) is 12.1 Å². The molecule has 0 amide bonds. The van der Waals surface area contributed by atoms with Crippen LogP contribution in [0.3, 0.4) is 0 Å². The fourth-order valence-corrected chi connectivity index (χ4v) is 2.15. The molecule has 0 saturated carbocycles. The molecule has 0 unspecified atom stereocenters. The summed E-state index contributed by atoms with van der Waals surface area (Å²) in [4.78, 5) is 0. The highest BCUT2D eigenvalue weighted by atomic mass is 19.4. The Morgan fingerprint density at radius 2 is 1.65 bits per heavy atom. The lowest BCUT2D eigenvalue weighted by atomic mass is 9.70. The Bertz CT molecular complexity index is 388. The van der Waals surface area contributed by atoms with Gasteiger partial charge >= 0.3 is 6.18 Å². The zero-order valence-corrected chi connectivity index (χ0v) is 9.84. The number of rotatable bonds is 2. The third-order valence-corrected chi connectivity index (χ3v) is 3.61. The first-order valence-corrected chi connectivity index (χ1v) is 5.62. The van der Waals surface area contributed by atoms with Crippen molar-refractivity contribution in [3.05, 3.63) is 35.4 Å².